The molecule has 4 heteroatoms. The number of aryl methyl sites for hydroxylation is 1. The van der Waals surface area contributed by atoms with E-state index in [1.54, 1.807) is 18.4 Å². The van der Waals surface area contributed by atoms with Gasteiger partial charge in [0.05, 0.1) is 24.0 Å². The fourth-order valence-corrected chi connectivity index (χ4v) is 3.85. The van der Waals surface area contributed by atoms with Crippen LogP contribution in [0.1, 0.15) is 63.8 Å². The zero-order valence-electron chi connectivity index (χ0n) is 15.2. The van der Waals surface area contributed by atoms with Crippen molar-refractivity contribution in [1.29, 1.82) is 0 Å². The van der Waals surface area contributed by atoms with Crippen molar-refractivity contribution in [2.45, 2.75) is 53.9 Å². The topological polar surface area (TPSA) is 35.0 Å². The molecule has 0 aliphatic carbocycles. The molecule has 0 aliphatic heterocycles. The van der Waals surface area contributed by atoms with Gasteiger partial charge in [0.15, 0.2) is 0 Å². The first-order chi connectivity index (χ1) is 11.4. The minimum atomic E-state index is 0. The summed E-state index contributed by atoms with van der Waals surface area (Å²) in [7, 11) is 1.71. The number of thiazole rings is 1. The van der Waals surface area contributed by atoms with Crippen molar-refractivity contribution in [3.8, 4) is 16.5 Å². The van der Waals surface area contributed by atoms with E-state index < -0.39 is 0 Å². The number of ether oxygens (including phenoxy) is 1. The van der Waals surface area contributed by atoms with Crippen LogP contribution in [0.4, 0.5) is 0 Å². The summed E-state index contributed by atoms with van der Waals surface area (Å²) in [6.45, 7) is 10.9. The van der Waals surface area contributed by atoms with E-state index in [9.17, 15) is 0 Å². The molecule has 0 radical (unpaired) electrons. The normalized spacial score (nSPS) is 11.2. The molecule has 3 rings (SSSR count). The summed E-state index contributed by atoms with van der Waals surface area (Å²) in [6, 6.07) is 6.35. The first-order valence-corrected chi connectivity index (χ1v) is 9.24. The molecule has 0 saturated carbocycles. The molecule has 0 amide bonds. The Bertz CT molecular complexity index is 881. The lowest BCUT2D eigenvalue weighted by atomic mass is 9.96. The van der Waals surface area contributed by atoms with Crippen molar-refractivity contribution >= 4 is 22.2 Å². The molecule has 0 aliphatic rings. The summed E-state index contributed by atoms with van der Waals surface area (Å²) in [5.74, 6) is 1.73. The van der Waals surface area contributed by atoms with Crippen LogP contribution in [0.5, 0.6) is 5.75 Å². The van der Waals surface area contributed by atoms with Crippen LogP contribution in [0.15, 0.2) is 23.6 Å². The average Bonchev–Trinajstić information content (AvgIpc) is 3.04. The van der Waals surface area contributed by atoms with E-state index in [0.29, 0.717) is 11.8 Å². The number of methoxy groups -OCH3 is 1. The molecular weight excluding hydrogens is 328 g/mol. The van der Waals surface area contributed by atoms with Gasteiger partial charge in [-0.25, -0.2) is 9.97 Å². The zero-order chi connectivity index (χ0) is 17.4. The van der Waals surface area contributed by atoms with Crippen LogP contribution in [0.3, 0.4) is 0 Å². The number of fused-ring (bicyclic) bond motifs is 1. The van der Waals surface area contributed by atoms with Gasteiger partial charge in [0.1, 0.15) is 10.8 Å². The maximum absolute atomic E-state index is 5.48. The van der Waals surface area contributed by atoms with Gasteiger partial charge in [-0.15, -0.1) is 11.3 Å². The van der Waals surface area contributed by atoms with E-state index in [4.69, 9.17) is 14.7 Å². The van der Waals surface area contributed by atoms with Gasteiger partial charge in [-0.05, 0) is 42.5 Å². The zero-order valence-corrected chi connectivity index (χ0v) is 16.0. The van der Waals surface area contributed by atoms with Gasteiger partial charge in [0.2, 0.25) is 0 Å². The molecule has 0 atom stereocenters. The van der Waals surface area contributed by atoms with E-state index in [-0.39, 0.29) is 7.43 Å². The smallest absolute Gasteiger partial charge is 0.142 e. The van der Waals surface area contributed by atoms with E-state index in [1.165, 1.54) is 10.9 Å². The SMILES string of the molecule is C.COc1ccc2c(C(C)C)cc(-c3nc(C(C)C)cs3)nc2c1C. The number of rotatable bonds is 4. The molecule has 25 heavy (non-hydrogen) atoms. The summed E-state index contributed by atoms with van der Waals surface area (Å²) in [6.07, 6.45) is 0. The van der Waals surface area contributed by atoms with Crippen LogP contribution in [0.25, 0.3) is 21.6 Å². The lowest BCUT2D eigenvalue weighted by Gasteiger charge is -2.15. The molecule has 0 N–H and O–H groups in total. The van der Waals surface area contributed by atoms with Crippen LogP contribution in [0, 0.1) is 6.92 Å². The molecule has 1 aromatic carbocycles. The minimum Gasteiger partial charge on any atom is -0.496 e. The van der Waals surface area contributed by atoms with E-state index in [0.717, 1.165) is 33.2 Å². The van der Waals surface area contributed by atoms with Crippen molar-refractivity contribution in [3.63, 3.8) is 0 Å². The Balaban J connectivity index is 0.00000225. The van der Waals surface area contributed by atoms with Gasteiger partial charge in [-0.3, -0.25) is 0 Å². The van der Waals surface area contributed by atoms with Crippen LogP contribution in [-0.4, -0.2) is 17.1 Å². The highest BCUT2D eigenvalue weighted by Crippen LogP contribution is 2.35. The first-order valence-electron chi connectivity index (χ1n) is 8.36. The third kappa shape index (κ3) is 3.54. The molecule has 134 valence electrons. The summed E-state index contributed by atoms with van der Waals surface area (Å²) in [4.78, 5) is 9.72. The maximum Gasteiger partial charge on any atom is 0.142 e. The lowest BCUT2D eigenvalue weighted by molar-refractivity contribution is 0.412. The maximum atomic E-state index is 5.48. The number of hydrogen-bond donors (Lipinski definition) is 0. The van der Waals surface area contributed by atoms with Crippen molar-refractivity contribution in [2.75, 3.05) is 7.11 Å². The Hall–Kier alpha value is -1.94. The van der Waals surface area contributed by atoms with Gasteiger partial charge >= 0.3 is 0 Å². The fourth-order valence-electron chi connectivity index (χ4n) is 2.91. The van der Waals surface area contributed by atoms with Crippen LogP contribution < -0.4 is 4.74 Å². The van der Waals surface area contributed by atoms with Crippen molar-refractivity contribution < 1.29 is 4.74 Å². The van der Waals surface area contributed by atoms with E-state index >= 15 is 0 Å². The van der Waals surface area contributed by atoms with Gasteiger partial charge in [0, 0.05) is 16.3 Å². The Kier molecular flexibility index (Phi) is 5.83. The largest absolute Gasteiger partial charge is 0.496 e. The second-order valence-electron chi connectivity index (χ2n) is 6.77. The van der Waals surface area contributed by atoms with Crippen LogP contribution in [-0.2, 0) is 0 Å². The number of benzene rings is 1. The van der Waals surface area contributed by atoms with E-state index in [1.807, 2.05) is 6.07 Å². The molecule has 2 aromatic heterocycles. The Morgan fingerprint density at radius 1 is 1.04 bits per heavy atom. The molecule has 2 heterocycles. The predicted molar refractivity (Wildman–Crippen MR) is 109 cm³/mol. The minimum absolute atomic E-state index is 0. The summed E-state index contributed by atoms with van der Waals surface area (Å²) in [5, 5.41) is 4.33. The predicted octanol–water partition coefficient (Wildman–Crippen LogP) is 6.56. The summed E-state index contributed by atoms with van der Waals surface area (Å²) in [5.41, 5.74) is 5.49. The fraction of sp³-hybridized carbons (Fsp3) is 0.429. The van der Waals surface area contributed by atoms with Crippen LogP contribution in [0.2, 0.25) is 0 Å². The van der Waals surface area contributed by atoms with Gasteiger partial charge < -0.3 is 4.74 Å². The highest BCUT2D eigenvalue weighted by molar-refractivity contribution is 7.13. The molecule has 0 saturated heterocycles. The Morgan fingerprint density at radius 3 is 2.32 bits per heavy atom. The van der Waals surface area contributed by atoms with Crippen molar-refractivity contribution in [3.05, 3.63) is 40.4 Å². The number of aromatic nitrogens is 2. The summed E-state index contributed by atoms with van der Waals surface area (Å²) < 4.78 is 5.48. The third-order valence-corrected chi connectivity index (χ3v) is 5.27. The average molecular weight is 357 g/mol. The second kappa shape index (κ2) is 7.52. The molecule has 0 spiro atoms. The quantitative estimate of drug-likeness (QED) is 0.531. The number of hydrogen-bond acceptors (Lipinski definition) is 4. The Morgan fingerprint density at radius 2 is 1.76 bits per heavy atom. The highest BCUT2D eigenvalue weighted by Gasteiger charge is 2.16. The third-order valence-electron chi connectivity index (χ3n) is 4.39. The molecular formula is C21H28N2OS. The Labute approximate surface area is 155 Å². The van der Waals surface area contributed by atoms with Gasteiger partial charge in [0.25, 0.3) is 0 Å². The standard InChI is InChI=1S/C20H24N2OS.CH4/c1-11(2)15-9-16(20-22-17(10-24-20)12(3)4)21-19-13(5)18(23-6)8-7-14(15)19;/h7-12H,1-6H3;1H4. The van der Waals surface area contributed by atoms with Crippen molar-refractivity contribution in [2.24, 2.45) is 0 Å². The van der Waals surface area contributed by atoms with Gasteiger partial charge in [-0.2, -0.15) is 0 Å². The number of nitrogens with zero attached hydrogens (tertiary/aromatic N) is 2. The summed E-state index contributed by atoms with van der Waals surface area (Å²) >= 11 is 1.67. The second-order valence-corrected chi connectivity index (χ2v) is 7.63. The monoisotopic (exact) mass is 356 g/mol. The molecule has 3 nitrogen and oxygen atoms in total. The van der Waals surface area contributed by atoms with E-state index in [2.05, 4.69) is 52.1 Å². The highest BCUT2D eigenvalue weighted by atomic mass is 32.1. The molecule has 3 aromatic rings. The molecule has 0 bridgehead atoms. The molecule has 0 unspecified atom stereocenters. The molecule has 0 fully saturated rings. The number of pyridine rings is 1. The van der Waals surface area contributed by atoms with Gasteiger partial charge in [-0.1, -0.05) is 35.1 Å². The lowest BCUT2D eigenvalue weighted by Crippen LogP contribution is -1.98. The van der Waals surface area contributed by atoms with Crippen LogP contribution >= 0.6 is 11.3 Å². The first kappa shape index (κ1) is 19.4. The van der Waals surface area contributed by atoms with Crippen molar-refractivity contribution in [1.82, 2.24) is 9.97 Å².